The Bertz CT molecular complexity index is 156. The molecule has 12 heavy (non-hydrogen) atoms. The molecule has 0 fully saturated rings. The summed E-state index contributed by atoms with van der Waals surface area (Å²) in [6.07, 6.45) is 0.427. The molecule has 1 unspecified atom stereocenters. The molecule has 0 aliphatic heterocycles. The van der Waals surface area contributed by atoms with Crippen LogP contribution in [0.4, 0.5) is 0 Å². The highest BCUT2D eigenvalue weighted by molar-refractivity contribution is 5.73. The lowest BCUT2D eigenvalue weighted by molar-refractivity contribution is -0.139. The normalized spacial score (nSPS) is 14.3. The van der Waals surface area contributed by atoms with E-state index in [1.54, 1.807) is 7.11 Å². The van der Waals surface area contributed by atoms with Crippen LogP contribution in [0.2, 0.25) is 0 Å². The summed E-state index contributed by atoms with van der Waals surface area (Å²) in [5.74, 6) is -0.959. The van der Waals surface area contributed by atoms with Crippen LogP contribution in [-0.4, -0.2) is 30.8 Å². The zero-order valence-electron chi connectivity index (χ0n) is 7.83. The first-order valence-corrected chi connectivity index (χ1v) is 3.86. The summed E-state index contributed by atoms with van der Waals surface area (Å²) in [4.78, 5) is 10.4. The van der Waals surface area contributed by atoms with E-state index in [0.29, 0.717) is 13.0 Å². The molecular weight excluding hydrogens is 158 g/mol. The molecule has 0 rings (SSSR count). The molecule has 1 atom stereocenters. The monoisotopic (exact) mass is 175 g/mol. The minimum Gasteiger partial charge on any atom is -0.480 e. The van der Waals surface area contributed by atoms with Gasteiger partial charge in [0.2, 0.25) is 0 Å². The second kappa shape index (κ2) is 4.42. The molecule has 0 spiro atoms. The van der Waals surface area contributed by atoms with Crippen LogP contribution in [0.15, 0.2) is 0 Å². The highest BCUT2D eigenvalue weighted by Gasteiger charge is 2.24. The first-order chi connectivity index (χ1) is 5.39. The van der Waals surface area contributed by atoms with E-state index in [4.69, 9.17) is 15.6 Å². The van der Waals surface area contributed by atoms with Crippen LogP contribution < -0.4 is 5.73 Å². The van der Waals surface area contributed by atoms with Crippen molar-refractivity contribution in [2.45, 2.75) is 26.3 Å². The summed E-state index contributed by atoms with van der Waals surface area (Å²) in [5.41, 5.74) is 5.20. The van der Waals surface area contributed by atoms with Crippen molar-refractivity contribution in [1.82, 2.24) is 0 Å². The molecule has 72 valence electrons. The van der Waals surface area contributed by atoms with Gasteiger partial charge in [-0.2, -0.15) is 0 Å². The van der Waals surface area contributed by atoms with Gasteiger partial charge < -0.3 is 15.6 Å². The molecule has 0 amide bonds. The lowest BCUT2D eigenvalue weighted by Gasteiger charge is -2.25. The van der Waals surface area contributed by atoms with Crippen LogP contribution in [0.3, 0.4) is 0 Å². The van der Waals surface area contributed by atoms with Crippen molar-refractivity contribution in [3.63, 3.8) is 0 Å². The molecule has 0 aromatic heterocycles. The predicted molar refractivity (Wildman–Crippen MR) is 45.9 cm³/mol. The number of hydrogen-bond acceptors (Lipinski definition) is 3. The maximum atomic E-state index is 10.4. The summed E-state index contributed by atoms with van der Waals surface area (Å²) < 4.78 is 4.94. The Kier molecular flexibility index (Phi) is 4.20. The third-order valence-corrected chi connectivity index (χ3v) is 1.62. The van der Waals surface area contributed by atoms with Crippen LogP contribution >= 0.6 is 0 Å². The van der Waals surface area contributed by atoms with Gasteiger partial charge in [-0.1, -0.05) is 13.8 Å². The van der Waals surface area contributed by atoms with Crippen molar-refractivity contribution in [2.75, 3.05) is 13.7 Å². The van der Waals surface area contributed by atoms with Gasteiger partial charge in [-0.3, -0.25) is 4.79 Å². The molecule has 0 heterocycles. The highest BCUT2D eigenvalue weighted by Crippen LogP contribution is 2.21. The molecule has 4 nitrogen and oxygen atoms in total. The van der Waals surface area contributed by atoms with Gasteiger partial charge in [0.25, 0.3) is 0 Å². The molecule has 0 aromatic carbocycles. The quantitative estimate of drug-likeness (QED) is 0.636. The second-order valence-corrected chi connectivity index (χ2v) is 3.75. The zero-order chi connectivity index (χ0) is 9.78. The zero-order valence-corrected chi connectivity index (χ0v) is 7.83. The van der Waals surface area contributed by atoms with Crippen molar-refractivity contribution >= 4 is 5.97 Å². The van der Waals surface area contributed by atoms with Crippen LogP contribution in [0.5, 0.6) is 0 Å². The van der Waals surface area contributed by atoms with Gasteiger partial charge in [0.1, 0.15) is 6.04 Å². The Morgan fingerprint density at radius 1 is 1.67 bits per heavy atom. The second-order valence-electron chi connectivity index (χ2n) is 3.75. The molecule has 0 saturated heterocycles. The molecular formula is C8H17NO3. The molecule has 0 aliphatic rings. The SMILES string of the molecule is COCC(C)(C)CC(N)C(=O)O. The van der Waals surface area contributed by atoms with Gasteiger partial charge in [0.05, 0.1) is 6.61 Å². The largest absolute Gasteiger partial charge is 0.480 e. The molecule has 0 aliphatic carbocycles. The number of carbonyl (C=O) groups is 1. The van der Waals surface area contributed by atoms with Crippen LogP contribution in [0.1, 0.15) is 20.3 Å². The van der Waals surface area contributed by atoms with Gasteiger partial charge in [-0.15, -0.1) is 0 Å². The molecule has 3 N–H and O–H groups in total. The van der Waals surface area contributed by atoms with E-state index in [2.05, 4.69) is 0 Å². The summed E-state index contributed by atoms with van der Waals surface area (Å²) in [6.45, 7) is 4.38. The maximum Gasteiger partial charge on any atom is 0.320 e. The molecule has 0 bridgehead atoms. The summed E-state index contributed by atoms with van der Waals surface area (Å²) >= 11 is 0. The summed E-state index contributed by atoms with van der Waals surface area (Å²) in [5, 5.41) is 8.55. The van der Waals surface area contributed by atoms with E-state index < -0.39 is 12.0 Å². The predicted octanol–water partition coefficient (Wildman–Crippen LogP) is 0.461. The average Bonchev–Trinajstić information content (AvgIpc) is 1.85. The van der Waals surface area contributed by atoms with E-state index in [1.165, 1.54) is 0 Å². The van der Waals surface area contributed by atoms with Crippen molar-refractivity contribution in [2.24, 2.45) is 11.1 Å². The van der Waals surface area contributed by atoms with Gasteiger partial charge >= 0.3 is 5.97 Å². The molecule has 0 saturated carbocycles. The lowest BCUT2D eigenvalue weighted by Crippen LogP contribution is -2.36. The van der Waals surface area contributed by atoms with Gasteiger partial charge in [-0.25, -0.2) is 0 Å². The Hall–Kier alpha value is -0.610. The van der Waals surface area contributed by atoms with Crippen LogP contribution in [0, 0.1) is 5.41 Å². The topological polar surface area (TPSA) is 72.5 Å². The van der Waals surface area contributed by atoms with Gasteiger partial charge in [0.15, 0.2) is 0 Å². The van der Waals surface area contributed by atoms with Crippen LogP contribution in [-0.2, 0) is 9.53 Å². The number of aliphatic carboxylic acids is 1. The van der Waals surface area contributed by atoms with Crippen molar-refractivity contribution < 1.29 is 14.6 Å². The number of nitrogens with two attached hydrogens (primary N) is 1. The van der Waals surface area contributed by atoms with Crippen molar-refractivity contribution in [3.05, 3.63) is 0 Å². The number of carboxylic acid groups (broad SMARTS) is 1. The van der Waals surface area contributed by atoms with Gasteiger partial charge in [-0.05, 0) is 11.8 Å². The molecule has 0 radical (unpaired) electrons. The minimum atomic E-state index is -0.959. The Labute approximate surface area is 72.7 Å². The summed E-state index contributed by atoms with van der Waals surface area (Å²) in [7, 11) is 1.59. The Morgan fingerprint density at radius 2 is 2.17 bits per heavy atom. The fraction of sp³-hybridized carbons (Fsp3) is 0.875. The third kappa shape index (κ3) is 4.31. The Morgan fingerprint density at radius 3 is 2.50 bits per heavy atom. The number of rotatable bonds is 5. The van der Waals surface area contributed by atoms with E-state index >= 15 is 0 Å². The van der Waals surface area contributed by atoms with Gasteiger partial charge in [0, 0.05) is 7.11 Å². The number of carboxylic acids is 1. The van der Waals surface area contributed by atoms with E-state index in [0.717, 1.165) is 0 Å². The highest BCUT2D eigenvalue weighted by atomic mass is 16.5. The standard InChI is InChI=1S/C8H17NO3/c1-8(2,5-12-3)4-6(9)7(10)11/h6H,4-5,9H2,1-3H3,(H,10,11). The third-order valence-electron chi connectivity index (χ3n) is 1.62. The average molecular weight is 175 g/mol. The van der Waals surface area contributed by atoms with Crippen molar-refractivity contribution in [1.29, 1.82) is 0 Å². The Balaban J connectivity index is 3.95. The first-order valence-electron chi connectivity index (χ1n) is 3.86. The van der Waals surface area contributed by atoms with E-state index in [1.807, 2.05) is 13.8 Å². The number of hydrogen-bond donors (Lipinski definition) is 2. The summed E-state index contributed by atoms with van der Waals surface area (Å²) in [6, 6.07) is -0.796. The first kappa shape index (κ1) is 11.4. The fourth-order valence-corrected chi connectivity index (χ4v) is 1.13. The van der Waals surface area contributed by atoms with E-state index in [9.17, 15) is 4.79 Å². The smallest absolute Gasteiger partial charge is 0.320 e. The minimum absolute atomic E-state index is 0.174. The fourth-order valence-electron chi connectivity index (χ4n) is 1.13. The molecule has 4 heteroatoms. The van der Waals surface area contributed by atoms with E-state index in [-0.39, 0.29) is 5.41 Å². The lowest BCUT2D eigenvalue weighted by atomic mass is 9.87. The molecule has 0 aromatic rings. The van der Waals surface area contributed by atoms with Crippen LogP contribution in [0.25, 0.3) is 0 Å². The number of methoxy groups -OCH3 is 1. The maximum absolute atomic E-state index is 10.4. The number of ether oxygens (including phenoxy) is 1. The van der Waals surface area contributed by atoms with Crippen molar-refractivity contribution in [3.8, 4) is 0 Å².